The van der Waals surface area contributed by atoms with Crippen LogP contribution in [0, 0.1) is 6.92 Å². The Morgan fingerprint density at radius 1 is 1.33 bits per heavy atom. The minimum absolute atomic E-state index is 0.0590. The molecule has 0 bridgehead atoms. The largest absolute Gasteiger partial charge is 0.334 e. The van der Waals surface area contributed by atoms with Gasteiger partial charge in [0, 0.05) is 32.4 Å². The van der Waals surface area contributed by atoms with E-state index in [1.807, 2.05) is 14.0 Å². The van der Waals surface area contributed by atoms with Crippen molar-refractivity contribution in [1.29, 1.82) is 0 Å². The van der Waals surface area contributed by atoms with Gasteiger partial charge in [-0.15, -0.1) is 0 Å². The van der Waals surface area contributed by atoms with Gasteiger partial charge in [-0.1, -0.05) is 5.16 Å². The van der Waals surface area contributed by atoms with E-state index in [-0.39, 0.29) is 11.6 Å². The van der Waals surface area contributed by atoms with Gasteiger partial charge in [-0.2, -0.15) is 4.98 Å². The Morgan fingerprint density at radius 3 is 2.96 bits per heavy atom. The van der Waals surface area contributed by atoms with Gasteiger partial charge in [0.2, 0.25) is 0 Å². The summed E-state index contributed by atoms with van der Waals surface area (Å²) in [6.45, 7) is 4.51. The number of piperazine rings is 1. The van der Waals surface area contributed by atoms with Crippen LogP contribution in [0.5, 0.6) is 0 Å². The Hall–Kier alpha value is -2.52. The SMILES string of the molecule is Cc1cc(-c2nc(C3CNCCN3C)no2)c2c(=O)[nH]n(C)c2n1. The summed E-state index contributed by atoms with van der Waals surface area (Å²) in [6.07, 6.45) is 0. The first-order chi connectivity index (χ1) is 11.5. The number of likely N-dealkylation sites (N-methyl/N-ethyl adjacent to an activating group) is 1. The van der Waals surface area contributed by atoms with E-state index in [0.717, 1.165) is 25.3 Å². The van der Waals surface area contributed by atoms with Crippen molar-refractivity contribution in [3.8, 4) is 11.5 Å². The van der Waals surface area contributed by atoms with Crippen molar-refractivity contribution in [2.24, 2.45) is 7.05 Å². The van der Waals surface area contributed by atoms with Crippen LogP contribution < -0.4 is 10.9 Å². The second-order valence-electron chi connectivity index (χ2n) is 6.17. The third-order valence-corrected chi connectivity index (χ3v) is 4.42. The first-order valence-electron chi connectivity index (χ1n) is 7.86. The highest BCUT2D eigenvalue weighted by atomic mass is 16.5. The van der Waals surface area contributed by atoms with Gasteiger partial charge in [-0.3, -0.25) is 19.5 Å². The zero-order valence-electron chi connectivity index (χ0n) is 13.8. The molecule has 3 aromatic heterocycles. The van der Waals surface area contributed by atoms with Crippen LogP contribution in [-0.4, -0.2) is 56.5 Å². The van der Waals surface area contributed by atoms with Crippen LogP contribution in [0.1, 0.15) is 17.6 Å². The van der Waals surface area contributed by atoms with Crippen LogP contribution in [0.2, 0.25) is 0 Å². The summed E-state index contributed by atoms with van der Waals surface area (Å²) in [7, 11) is 3.79. The van der Waals surface area contributed by atoms with Crippen LogP contribution in [0.3, 0.4) is 0 Å². The summed E-state index contributed by atoms with van der Waals surface area (Å²) < 4.78 is 7.08. The van der Waals surface area contributed by atoms with Gasteiger partial charge in [0.05, 0.1) is 17.0 Å². The maximum Gasteiger partial charge on any atom is 0.274 e. The Labute approximate surface area is 137 Å². The fourth-order valence-corrected chi connectivity index (χ4v) is 3.13. The minimum Gasteiger partial charge on any atom is -0.334 e. The van der Waals surface area contributed by atoms with Gasteiger partial charge in [-0.25, -0.2) is 4.98 Å². The van der Waals surface area contributed by atoms with Crippen molar-refractivity contribution in [2.45, 2.75) is 13.0 Å². The molecular formula is C15H19N7O2. The highest BCUT2D eigenvalue weighted by Gasteiger charge is 2.26. The van der Waals surface area contributed by atoms with Crippen molar-refractivity contribution in [1.82, 2.24) is 35.1 Å². The van der Waals surface area contributed by atoms with Gasteiger partial charge in [0.25, 0.3) is 11.4 Å². The molecule has 1 unspecified atom stereocenters. The third-order valence-electron chi connectivity index (χ3n) is 4.42. The molecule has 3 aromatic rings. The van der Waals surface area contributed by atoms with Crippen molar-refractivity contribution < 1.29 is 4.52 Å². The van der Waals surface area contributed by atoms with Crippen LogP contribution in [-0.2, 0) is 7.05 Å². The van der Waals surface area contributed by atoms with E-state index < -0.39 is 0 Å². The highest BCUT2D eigenvalue weighted by Crippen LogP contribution is 2.27. The average molecular weight is 329 g/mol. The normalized spacial score (nSPS) is 19.2. The van der Waals surface area contributed by atoms with Crippen molar-refractivity contribution >= 4 is 11.0 Å². The Balaban J connectivity index is 1.83. The van der Waals surface area contributed by atoms with Crippen LogP contribution in [0.4, 0.5) is 0 Å². The monoisotopic (exact) mass is 329 g/mol. The smallest absolute Gasteiger partial charge is 0.274 e. The van der Waals surface area contributed by atoms with Crippen molar-refractivity contribution in [3.05, 3.63) is 27.9 Å². The maximum absolute atomic E-state index is 12.2. The van der Waals surface area contributed by atoms with E-state index in [2.05, 4.69) is 30.4 Å². The molecule has 4 rings (SSSR count). The number of hydrogen-bond donors (Lipinski definition) is 2. The number of aryl methyl sites for hydroxylation is 2. The standard InChI is InChI=1S/C15H19N7O2/c1-8-6-9(11-13(17-8)22(3)19-14(11)23)15-18-12(20-24-15)10-7-16-4-5-21(10)2/h6,10,16H,4-5,7H2,1-3H3,(H,19,23). The van der Waals surface area contributed by atoms with Gasteiger partial charge in [0.15, 0.2) is 11.5 Å². The molecule has 24 heavy (non-hydrogen) atoms. The summed E-state index contributed by atoms with van der Waals surface area (Å²) in [6, 6.07) is 1.86. The molecule has 1 aliphatic heterocycles. The van der Waals surface area contributed by atoms with Crippen LogP contribution in [0.25, 0.3) is 22.5 Å². The molecule has 0 spiro atoms. The molecule has 9 nitrogen and oxygen atoms in total. The van der Waals surface area contributed by atoms with Gasteiger partial charge in [-0.05, 0) is 20.0 Å². The molecular weight excluding hydrogens is 310 g/mol. The van der Waals surface area contributed by atoms with Crippen LogP contribution >= 0.6 is 0 Å². The summed E-state index contributed by atoms with van der Waals surface area (Å²) >= 11 is 0. The van der Waals surface area contributed by atoms with Gasteiger partial charge in [0.1, 0.15) is 0 Å². The van der Waals surface area contributed by atoms with E-state index in [1.54, 1.807) is 17.8 Å². The molecule has 1 saturated heterocycles. The molecule has 1 fully saturated rings. The number of hydrogen-bond acceptors (Lipinski definition) is 7. The molecule has 126 valence electrons. The second-order valence-corrected chi connectivity index (χ2v) is 6.17. The zero-order chi connectivity index (χ0) is 16.8. The fraction of sp³-hybridized carbons (Fsp3) is 0.467. The van der Waals surface area contributed by atoms with Crippen molar-refractivity contribution in [3.63, 3.8) is 0 Å². The number of aromatic amines is 1. The molecule has 0 amide bonds. The van der Waals surface area contributed by atoms with E-state index in [1.165, 1.54) is 0 Å². The summed E-state index contributed by atoms with van der Waals surface area (Å²) in [5.74, 6) is 0.964. The number of nitrogens with zero attached hydrogens (tertiary/aromatic N) is 5. The van der Waals surface area contributed by atoms with Crippen molar-refractivity contribution in [2.75, 3.05) is 26.7 Å². The average Bonchev–Trinajstić information content (AvgIpc) is 3.13. The maximum atomic E-state index is 12.2. The third kappa shape index (κ3) is 2.33. The lowest BCUT2D eigenvalue weighted by molar-refractivity contribution is 0.190. The van der Waals surface area contributed by atoms with Gasteiger partial charge >= 0.3 is 0 Å². The topological polar surface area (TPSA) is 105 Å². The zero-order valence-corrected chi connectivity index (χ0v) is 13.8. The number of nitrogens with one attached hydrogen (secondary N) is 2. The van der Waals surface area contributed by atoms with E-state index in [9.17, 15) is 4.79 Å². The second kappa shape index (κ2) is 5.53. The number of fused-ring (bicyclic) bond motifs is 1. The van der Waals surface area contributed by atoms with E-state index in [4.69, 9.17) is 4.52 Å². The first-order valence-corrected chi connectivity index (χ1v) is 7.86. The lowest BCUT2D eigenvalue weighted by Gasteiger charge is -2.30. The Morgan fingerprint density at radius 2 is 2.17 bits per heavy atom. The molecule has 0 saturated carbocycles. The molecule has 0 aromatic carbocycles. The molecule has 2 N–H and O–H groups in total. The minimum atomic E-state index is -0.216. The molecule has 4 heterocycles. The first kappa shape index (κ1) is 15.0. The Bertz CT molecular complexity index is 955. The number of rotatable bonds is 2. The van der Waals surface area contributed by atoms with Crippen LogP contribution in [0.15, 0.2) is 15.4 Å². The summed E-state index contributed by atoms with van der Waals surface area (Å²) in [5, 5.41) is 10.7. The Kier molecular flexibility index (Phi) is 3.47. The summed E-state index contributed by atoms with van der Waals surface area (Å²) in [4.78, 5) is 23.4. The van der Waals surface area contributed by atoms with Gasteiger partial charge < -0.3 is 9.84 Å². The lowest BCUT2D eigenvalue weighted by Crippen LogP contribution is -2.44. The number of pyridine rings is 1. The number of H-pyrrole nitrogens is 1. The predicted molar refractivity (Wildman–Crippen MR) is 87.6 cm³/mol. The van der Waals surface area contributed by atoms with E-state index in [0.29, 0.717) is 28.3 Å². The molecule has 1 atom stereocenters. The summed E-state index contributed by atoms with van der Waals surface area (Å²) in [5.41, 5.74) is 1.75. The molecule has 1 aliphatic rings. The highest BCUT2D eigenvalue weighted by molar-refractivity contribution is 5.90. The molecule has 0 radical (unpaired) electrons. The molecule has 9 heteroatoms. The van der Waals surface area contributed by atoms with E-state index >= 15 is 0 Å². The molecule has 0 aliphatic carbocycles. The number of aromatic nitrogens is 5. The predicted octanol–water partition coefficient (Wildman–Crippen LogP) is 0.196. The fourth-order valence-electron chi connectivity index (χ4n) is 3.13. The quantitative estimate of drug-likeness (QED) is 0.692. The lowest BCUT2D eigenvalue weighted by atomic mass is 10.1.